The van der Waals surface area contributed by atoms with Crippen molar-refractivity contribution in [3.8, 4) is 0 Å². The van der Waals surface area contributed by atoms with Crippen LogP contribution in [0.1, 0.15) is 26.2 Å². The van der Waals surface area contributed by atoms with E-state index in [9.17, 15) is 13.2 Å². The summed E-state index contributed by atoms with van der Waals surface area (Å²) in [5, 5.41) is 0. The van der Waals surface area contributed by atoms with E-state index in [2.05, 4.69) is 22.7 Å². The molecule has 0 unspecified atom stereocenters. The van der Waals surface area contributed by atoms with E-state index in [-0.39, 0.29) is 0 Å². The minimum Gasteiger partial charge on any atom is -0.741 e. The maximum atomic E-state index is 10.7. The number of halogens is 3. The van der Waals surface area contributed by atoms with Gasteiger partial charge in [0.25, 0.3) is 0 Å². The maximum absolute atomic E-state index is 10.7. The Balaban J connectivity index is 0.000000331. The molecule has 0 aliphatic heterocycles. The monoisotopic (exact) mass is 288 g/mol. The first-order valence-electron chi connectivity index (χ1n) is 5.22. The molecule has 0 aromatic carbocycles. The highest BCUT2D eigenvalue weighted by Gasteiger charge is 2.36. The van der Waals surface area contributed by atoms with Crippen molar-refractivity contribution < 1.29 is 30.7 Å². The number of nitrogens with one attached hydrogen (secondary N) is 1. The Morgan fingerprint density at radius 2 is 1.89 bits per heavy atom. The Morgan fingerprint density at radius 1 is 1.33 bits per heavy atom. The number of aryl methyl sites for hydroxylation is 1. The van der Waals surface area contributed by atoms with Crippen molar-refractivity contribution in [2.24, 2.45) is 0 Å². The Kier molecular flexibility index (Phi) is 6.92. The predicted octanol–water partition coefficient (Wildman–Crippen LogP) is 1.54. The number of alkyl halides is 3. The summed E-state index contributed by atoms with van der Waals surface area (Å²) in [6, 6.07) is 0. The first kappa shape index (κ1) is 16.9. The van der Waals surface area contributed by atoms with Gasteiger partial charge in [-0.05, 0) is 12.8 Å². The van der Waals surface area contributed by atoms with Gasteiger partial charge in [0.15, 0.2) is 10.1 Å². The molecule has 1 N–H and O–H groups in total. The van der Waals surface area contributed by atoms with E-state index in [4.69, 9.17) is 13.0 Å². The van der Waals surface area contributed by atoms with Gasteiger partial charge in [-0.1, -0.05) is 13.3 Å². The Morgan fingerprint density at radius 3 is 2.22 bits per heavy atom. The molecule has 0 amide bonds. The molecule has 1 aromatic heterocycles. The molecule has 0 spiro atoms. The number of rotatable bonds is 4. The van der Waals surface area contributed by atoms with Crippen molar-refractivity contribution in [2.45, 2.75) is 38.2 Å². The Hall–Kier alpha value is -1.09. The number of unbranched alkanes of at least 4 members (excludes halogenated alkanes) is 2. The van der Waals surface area contributed by atoms with Gasteiger partial charge in [-0.2, -0.15) is 13.2 Å². The second kappa shape index (κ2) is 7.37. The Bertz CT molecular complexity index is 415. The molecular formula is C9H15F3N2O3S. The number of hydrogen-bond donors (Lipinski definition) is 1. The quantitative estimate of drug-likeness (QED) is 0.395. The molecule has 18 heavy (non-hydrogen) atoms. The lowest BCUT2D eigenvalue weighted by Gasteiger charge is -2.08. The molecule has 0 atom stereocenters. The van der Waals surface area contributed by atoms with E-state index >= 15 is 0 Å². The summed E-state index contributed by atoms with van der Waals surface area (Å²) >= 11 is 0. The van der Waals surface area contributed by atoms with Gasteiger partial charge in [-0.15, -0.1) is 0 Å². The predicted molar refractivity (Wildman–Crippen MR) is 56.3 cm³/mol. The topological polar surface area (TPSA) is 76.9 Å². The number of aromatic nitrogens is 2. The summed E-state index contributed by atoms with van der Waals surface area (Å²) in [5.41, 5.74) is -5.65. The molecule has 0 saturated heterocycles. The van der Waals surface area contributed by atoms with Crippen LogP contribution in [0, 0.1) is 0 Å². The van der Waals surface area contributed by atoms with Crippen molar-refractivity contribution in [3.05, 3.63) is 18.7 Å². The highest BCUT2D eigenvalue weighted by atomic mass is 32.2. The van der Waals surface area contributed by atoms with E-state index in [0.29, 0.717) is 0 Å². The molecule has 1 rings (SSSR count). The summed E-state index contributed by atoms with van der Waals surface area (Å²) in [4.78, 5) is 3.02. The summed E-state index contributed by atoms with van der Waals surface area (Å²) in [5.74, 6) is 0. The molecule has 106 valence electrons. The van der Waals surface area contributed by atoms with E-state index in [1.807, 2.05) is 12.5 Å². The van der Waals surface area contributed by atoms with Gasteiger partial charge in [0.05, 0.1) is 6.54 Å². The second-order valence-corrected chi connectivity index (χ2v) is 4.83. The summed E-state index contributed by atoms with van der Waals surface area (Å²) < 4.78 is 61.1. The zero-order valence-electron chi connectivity index (χ0n) is 9.77. The normalized spacial score (nSPS) is 11.8. The molecule has 0 aliphatic rings. The average molecular weight is 288 g/mol. The van der Waals surface area contributed by atoms with Crippen LogP contribution in [0.25, 0.3) is 0 Å². The highest BCUT2D eigenvalue weighted by Crippen LogP contribution is 2.20. The zero-order chi connectivity index (χ0) is 14.2. The fraction of sp³-hybridized carbons (Fsp3) is 0.667. The molecule has 0 radical (unpaired) electrons. The Labute approximate surface area is 103 Å². The van der Waals surface area contributed by atoms with E-state index in [1.165, 1.54) is 19.3 Å². The van der Waals surface area contributed by atoms with Crippen LogP contribution >= 0.6 is 0 Å². The number of aromatic amines is 1. The number of imidazole rings is 1. The van der Waals surface area contributed by atoms with Gasteiger partial charge in [0.2, 0.25) is 6.33 Å². The molecule has 9 heteroatoms. The SMILES string of the molecule is CCCCC[n+]1cc[nH]c1.O=S(=O)([O-])C(F)(F)F. The van der Waals surface area contributed by atoms with E-state index in [1.54, 1.807) is 0 Å². The third-order valence-electron chi connectivity index (χ3n) is 1.91. The lowest BCUT2D eigenvalue weighted by molar-refractivity contribution is -0.696. The van der Waals surface area contributed by atoms with Gasteiger partial charge < -0.3 is 4.55 Å². The summed E-state index contributed by atoms with van der Waals surface area (Å²) in [6.07, 6.45) is 9.93. The smallest absolute Gasteiger partial charge is 0.485 e. The lowest BCUT2D eigenvalue weighted by atomic mass is 10.2. The van der Waals surface area contributed by atoms with Crippen LogP contribution in [0.2, 0.25) is 0 Å². The molecule has 0 saturated carbocycles. The molecular weight excluding hydrogens is 273 g/mol. The lowest BCUT2D eigenvalue weighted by Crippen LogP contribution is -2.30. The van der Waals surface area contributed by atoms with Crippen LogP contribution in [0.15, 0.2) is 18.7 Å². The van der Waals surface area contributed by atoms with Crippen molar-refractivity contribution in [1.29, 1.82) is 0 Å². The van der Waals surface area contributed by atoms with Gasteiger partial charge in [-0.25, -0.2) is 13.0 Å². The minimum absolute atomic E-state index is 1.15. The van der Waals surface area contributed by atoms with Gasteiger partial charge in [0.1, 0.15) is 12.4 Å². The maximum Gasteiger partial charge on any atom is 0.485 e. The van der Waals surface area contributed by atoms with Gasteiger partial charge >= 0.3 is 5.51 Å². The zero-order valence-corrected chi connectivity index (χ0v) is 10.6. The van der Waals surface area contributed by atoms with Gasteiger partial charge in [-0.3, -0.25) is 4.98 Å². The minimum atomic E-state index is -6.09. The van der Waals surface area contributed by atoms with E-state index in [0.717, 1.165) is 6.54 Å². The number of hydrogen-bond acceptors (Lipinski definition) is 3. The van der Waals surface area contributed by atoms with Crippen LogP contribution in [-0.4, -0.2) is 23.5 Å². The fourth-order valence-corrected chi connectivity index (χ4v) is 1.00. The first-order valence-corrected chi connectivity index (χ1v) is 6.63. The average Bonchev–Trinajstić information content (AvgIpc) is 2.69. The molecule has 0 fully saturated rings. The molecule has 5 nitrogen and oxygen atoms in total. The van der Waals surface area contributed by atoms with Crippen LogP contribution in [0.5, 0.6) is 0 Å². The summed E-state index contributed by atoms with van der Waals surface area (Å²) in [7, 11) is -6.09. The standard InChI is InChI=1S/C8H14N2.CHF3O3S/c1-2-3-4-6-10-7-5-9-8-10;2-1(3,4)8(5,6)7/h5,7-8H,2-4,6H2,1H3;(H,5,6,7). The van der Waals surface area contributed by atoms with E-state index < -0.39 is 15.6 Å². The molecule has 0 aliphatic carbocycles. The van der Waals surface area contributed by atoms with Crippen LogP contribution in [0.4, 0.5) is 13.2 Å². The second-order valence-electron chi connectivity index (χ2n) is 3.46. The van der Waals surface area contributed by atoms with Crippen molar-refractivity contribution >= 4 is 10.1 Å². The number of H-pyrrole nitrogens is 1. The van der Waals surface area contributed by atoms with Crippen molar-refractivity contribution in [2.75, 3.05) is 0 Å². The fourth-order valence-electron chi connectivity index (χ4n) is 1.00. The first-order chi connectivity index (χ1) is 8.18. The number of nitrogens with zero attached hydrogens (tertiary/aromatic N) is 1. The van der Waals surface area contributed by atoms with Crippen LogP contribution in [0.3, 0.4) is 0 Å². The molecule has 1 heterocycles. The van der Waals surface area contributed by atoms with Crippen LogP contribution in [-0.2, 0) is 16.7 Å². The van der Waals surface area contributed by atoms with Crippen molar-refractivity contribution in [1.82, 2.24) is 4.98 Å². The molecule has 1 aromatic rings. The third kappa shape index (κ3) is 7.28. The van der Waals surface area contributed by atoms with Crippen molar-refractivity contribution in [3.63, 3.8) is 0 Å². The highest BCUT2D eigenvalue weighted by molar-refractivity contribution is 7.86. The summed E-state index contributed by atoms with van der Waals surface area (Å²) in [6.45, 7) is 3.37. The largest absolute Gasteiger partial charge is 0.741 e. The van der Waals surface area contributed by atoms with Crippen LogP contribution < -0.4 is 4.57 Å². The van der Waals surface area contributed by atoms with Gasteiger partial charge in [0, 0.05) is 0 Å². The third-order valence-corrected chi connectivity index (χ3v) is 2.47. The molecule has 0 bridgehead atoms.